The maximum absolute atomic E-state index is 13.5. The summed E-state index contributed by atoms with van der Waals surface area (Å²) in [5.41, 5.74) is -1.86. The highest BCUT2D eigenvalue weighted by atomic mass is 16.3. The molecule has 1 heterocycles. The third-order valence-corrected chi connectivity index (χ3v) is 4.07. The molecule has 0 fully saturated rings. The van der Waals surface area contributed by atoms with E-state index in [1.807, 2.05) is 5.32 Å². The van der Waals surface area contributed by atoms with E-state index in [1.54, 1.807) is 0 Å². The van der Waals surface area contributed by atoms with Gasteiger partial charge in [-0.05, 0) is 30.3 Å². The molecule has 6 heteroatoms. The average molecular weight is 388 g/mol. The molecule has 148 valence electrons. The number of carbonyl (C=O) groups excluding carboxylic acids is 3. The van der Waals surface area contributed by atoms with Crippen molar-refractivity contribution in [3.8, 4) is 0 Å². The Morgan fingerprint density at radius 2 is 2.19 bits per heavy atom. The lowest BCUT2D eigenvalue weighted by molar-refractivity contribution is -0.138. The van der Waals surface area contributed by atoms with Crippen LogP contribution in [0.15, 0.2) is 24.2 Å². The van der Waals surface area contributed by atoms with E-state index in [1.165, 1.54) is 0 Å². The van der Waals surface area contributed by atoms with Gasteiger partial charge in [0.15, 0.2) is 5.78 Å². The van der Waals surface area contributed by atoms with Crippen LogP contribution in [-0.4, -0.2) is 46.7 Å². The summed E-state index contributed by atoms with van der Waals surface area (Å²) in [4.78, 5) is 39.9. The molecule has 0 saturated carbocycles. The molecular weight excluding hydrogens is 344 g/mol. The van der Waals surface area contributed by atoms with Crippen LogP contribution in [0.4, 0.5) is 0 Å². The number of benzene rings is 1. The average Bonchev–Trinajstić information content (AvgIpc) is 2.84. The zero-order valence-electron chi connectivity index (χ0n) is 28.4. The standard InChI is InChI=1S/C21H30N2O4/c1-12(2)19(25)17(24)10-13(3)20(26)22-18-16-9-7-6-8-15(16)11-14(4)23(5)21(18)27/h6-9,12-14,18-19,25H,10-11H2,1-5H3,(H,22,26)/t13-,14?,18+,19+/m1/s1/i1D3,6D,7D,8D,9D,11D2,12D,14D,18D,19D/t12?,13-,14?,18+,19+. The molecule has 1 aromatic rings. The lowest BCUT2D eigenvalue weighted by Crippen LogP contribution is -2.44. The van der Waals surface area contributed by atoms with Crippen LogP contribution in [0.1, 0.15) is 69.0 Å². The van der Waals surface area contributed by atoms with Crippen molar-refractivity contribution < 1.29 is 37.3 Å². The first kappa shape index (κ1) is 9.32. The molecule has 0 saturated heterocycles. The Morgan fingerprint density at radius 3 is 2.85 bits per heavy atom. The van der Waals surface area contributed by atoms with E-state index in [4.69, 9.17) is 17.8 Å². The van der Waals surface area contributed by atoms with Crippen LogP contribution in [0.3, 0.4) is 0 Å². The predicted octanol–water partition coefficient (Wildman–Crippen LogP) is 1.86. The van der Waals surface area contributed by atoms with E-state index < -0.39 is 102 Å². The van der Waals surface area contributed by atoms with E-state index in [0.29, 0.717) is 11.8 Å². The number of fused-ring (bicyclic) bond motifs is 1. The monoisotopic (exact) mass is 387 g/mol. The van der Waals surface area contributed by atoms with Crippen molar-refractivity contribution in [2.24, 2.45) is 11.8 Å². The van der Waals surface area contributed by atoms with Gasteiger partial charge < -0.3 is 15.3 Å². The first-order valence-corrected chi connectivity index (χ1v) is 8.11. The van der Waals surface area contributed by atoms with Crippen molar-refractivity contribution in [2.45, 2.75) is 58.5 Å². The van der Waals surface area contributed by atoms with Gasteiger partial charge in [-0.15, -0.1) is 0 Å². The van der Waals surface area contributed by atoms with Gasteiger partial charge in [0.2, 0.25) is 11.8 Å². The number of aliphatic hydroxyl groups is 1. The van der Waals surface area contributed by atoms with Crippen molar-refractivity contribution in [3.05, 3.63) is 35.3 Å². The van der Waals surface area contributed by atoms with Crippen molar-refractivity contribution in [2.75, 3.05) is 7.05 Å². The third-order valence-electron chi connectivity index (χ3n) is 4.07. The molecule has 0 spiro atoms. The molecular formula is C21H30N2O4. The Balaban J connectivity index is 2.66. The van der Waals surface area contributed by atoms with Crippen LogP contribution in [0, 0.1) is 11.8 Å². The molecule has 2 amide bonds. The number of amides is 2. The summed E-state index contributed by atoms with van der Waals surface area (Å²) in [6, 6.07) is -9.54. The van der Waals surface area contributed by atoms with Crippen LogP contribution < -0.4 is 5.32 Å². The molecule has 6 nitrogen and oxygen atoms in total. The maximum atomic E-state index is 13.5. The van der Waals surface area contributed by atoms with Gasteiger partial charge in [-0.3, -0.25) is 14.4 Å². The molecule has 2 rings (SSSR count). The third kappa shape index (κ3) is 4.75. The Hall–Kier alpha value is -2.21. The van der Waals surface area contributed by atoms with Crippen LogP contribution >= 0.6 is 0 Å². The lowest BCUT2D eigenvalue weighted by Gasteiger charge is -2.26. The van der Waals surface area contributed by atoms with E-state index in [9.17, 15) is 19.5 Å². The zero-order chi connectivity index (χ0) is 31.8. The highest BCUT2D eigenvalue weighted by molar-refractivity contribution is 5.93. The number of ketones is 1. The molecule has 2 N–H and O–H groups in total. The van der Waals surface area contributed by atoms with Gasteiger partial charge in [-0.1, -0.05) is 44.9 Å². The second-order valence-corrected chi connectivity index (χ2v) is 6.19. The minimum atomic E-state index is -3.50. The second-order valence-electron chi connectivity index (χ2n) is 6.19. The Morgan fingerprint density at radius 1 is 1.52 bits per heavy atom. The van der Waals surface area contributed by atoms with Crippen LogP contribution in [0.5, 0.6) is 0 Å². The van der Waals surface area contributed by atoms with Gasteiger partial charge in [-0.25, -0.2) is 0 Å². The Bertz CT molecular complexity index is 1260. The molecule has 1 aromatic carbocycles. The number of nitrogens with one attached hydrogen (secondary N) is 1. The van der Waals surface area contributed by atoms with Crippen LogP contribution in [0.2, 0.25) is 0 Å². The molecule has 0 radical (unpaired) electrons. The Kier molecular flexibility index (Phi) is 2.99. The maximum Gasteiger partial charge on any atom is 0.249 e. The van der Waals surface area contributed by atoms with E-state index in [0.717, 1.165) is 20.9 Å². The molecule has 27 heavy (non-hydrogen) atoms. The molecule has 1 aliphatic heterocycles. The first-order chi connectivity index (χ1) is 17.6. The van der Waals surface area contributed by atoms with E-state index in [-0.39, 0.29) is 0 Å². The summed E-state index contributed by atoms with van der Waals surface area (Å²) in [6.07, 6.45) is -7.53. The fourth-order valence-electron chi connectivity index (χ4n) is 2.32. The van der Waals surface area contributed by atoms with Crippen LogP contribution in [0.25, 0.3) is 0 Å². The van der Waals surface area contributed by atoms with Crippen molar-refractivity contribution in [1.82, 2.24) is 10.2 Å². The smallest absolute Gasteiger partial charge is 0.249 e. The van der Waals surface area contributed by atoms with Crippen molar-refractivity contribution in [1.29, 1.82) is 0 Å². The number of carbonyl (C=O) groups is 3. The largest absolute Gasteiger partial charge is 0.385 e. The van der Waals surface area contributed by atoms with Gasteiger partial charge in [0, 0.05) is 33.6 Å². The van der Waals surface area contributed by atoms with Gasteiger partial charge in [0.25, 0.3) is 0 Å². The lowest BCUT2D eigenvalue weighted by atomic mass is 9.94. The number of nitrogens with zero attached hydrogens (tertiary/aromatic N) is 1. The van der Waals surface area contributed by atoms with Crippen LogP contribution in [-0.2, 0) is 20.8 Å². The summed E-state index contributed by atoms with van der Waals surface area (Å²) >= 11 is 0. The number of Topliss-reactive ketones (excluding diaryl/α,β-unsaturated/α-hetero) is 1. The molecule has 0 aliphatic carbocycles. The zero-order valence-corrected chi connectivity index (χ0v) is 15.4. The SMILES string of the molecule is [2H]c1c([2H])c([2H])c2c(c1[2H])C([2H])([2H])C([2H])(C)N(C)C(=O)[C@@]2([2H])NC(=O)[C@H](C)CC(=O)[C@@]([2H])(O)C([2H])(C)C([2H])([2H])[2H]. The summed E-state index contributed by atoms with van der Waals surface area (Å²) in [5.74, 6) is -8.87. The van der Waals surface area contributed by atoms with Gasteiger partial charge in [-0.2, -0.15) is 0 Å². The Labute approximate surface area is 179 Å². The second kappa shape index (κ2) is 8.65. The fraction of sp³-hybridized carbons (Fsp3) is 0.571. The van der Waals surface area contributed by atoms with Crippen molar-refractivity contribution in [3.63, 3.8) is 0 Å². The van der Waals surface area contributed by atoms with E-state index in [2.05, 4.69) is 0 Å². The summed E-state index contributed by atoms with van der Waals surface area (Å²) in [7, 11) is 0.946. The van der Waals surface area contributed by atoms with Gasteiger partial charge >= 0.3 is 0 Å². The molecule has 5 atom stereocenters. The van der Waals surface area contributed by atoms with Gasteiger partial charge in [0.1, 0.15) is 12.1 Å². The topological polar surface area (TPSA) is 86.7 Å². The number of hydrogen-bond acceptors (Lipinski definition) is 4. The normalized spacial score (nSPS) is 40.1. The predicted molar refractivity (Wildman–Crippen MR) is 103 cm³/mol. The fourth-order valence-corrected chi connectivity index (χ4v) is 2.32. The molecule has 0 aromatic heterocycles. The number of rotatable bonds is 6. The summed E-state index contributed by atoms with van der Waals surface area (Å²) < 4.78 is 105. The van der Waals surface area contributed by atoms with E-state index >= 15 is 0 Å². The molecule has 1 aliphatic rings. The quantitative estimate of drug-likeness (QED) is 0.780. The summed E-state index contributed by atoms with van der Waals surface area (Å²) in [5, 5.41) is 12.3. The highest BCUT2D eigenvalue weighted by Gasteiger charge is 2.34. The van der Waals surface area contributed by atoms with Gasteiger partial charge in [0.05, 0.1) is 9.60 Å². The van der Waals surface area contributed by atoms with Crippen molar-refractivity contribution >= 4 is 17.6 Å². The highest BCUT2D eigenvalue weighted by Crippen LogP contribution is 2.27. The number of hydrogen-bond donors (Lipinski definition) is 2. The first-order valence-electron chi connectivity index (χ1n) is 14.6. The number of likely N-dealkylation sites (N-methyl/N-ethyl adjacent to an activating group) is 1. The summed E-state index contributed by atoms with van der Waals surface area (Å²) in [6.45, 7) is -0.627. The molecule has 0 bridgehead atoms. The minimum Gasteiger partial charge on any atom is -0.385 e. The molecule has 2 unspecified atom stereocenters. The minimum absolute atomic E-state index is 0.465.